The Kier molecular flexibility index (Phi) is 3.37. The molecule has 0 amide bonds. The minimum Gasteiger partial charge on any atom is -0.271 e. The van der Waals surface area contributed by atoms with E-state index in [2.05, 4.69) is 25.4 Å². The summed E-state index contributed by atoms with van der Waals surface area (Å²) in [6.07, 6.45) is 0. The summed E-state index contributed by atoms with van der Waals surface area (Å²) in [5, 5.41) is 2.02. The average Bonchev–Trinajstić information content (AvgIpc) is 2.29. The van der Waals surface area contributed by atoms with Crippen LogP contribution in [0, 0.1) is 0 Å². The monoisotopic (exact) mass is 314 g/mol. The Morgan fingerprint density at radius 3 is 2.41 bits per heavy atom. The molecule has 0 aliphatic rings. The Morgan fingerprint density at radius 1 is 1.06 bits per heavy atom. The maximum atomic E-state index is 11.3. The molecule has 2 rings (SSSR count). The molecule has 0 radical (unpaired) electrons. The van der Waals surface area contributed by atoms with Gasteiger partial charge in [0.1, 0.15) is 0 Å². The van der Waals surface area contributed by atoms with Crippen molar-refractivity contribution < 1.29 is 8.42 Å². The first-order valence-corrected chi connectivity index (χ1v) is 7.18. The number of nitrogens with one attached hydrogen (secondary N) is 2. The van der Waals surface area contributed by atoms with E-state index in [0.717, 1.165) is 15.2 Å². The molecule has 0 heterocycles. The summed E-state index contributed by atoms with van der Waals surface area (Å²) < 4.78 is 28.3. The van der Waals surface area contributed by atoms with Crippen molar-refractivity contribution in [1.82, 2.24) is 4.72 Å². The fourth-order valence-electron chi connectivity index (χ4n) is 1.49. The molecule has 6 heteroatoms. The van der Waals surface area contributed by atoms with Crippen LogP contribution >= 0.6 is 15.9 Å². The van der Waals surface area contributed by atoms with E-state index in [-0.39, 0.29) is 0 Å². The molecule has 0 spiro atoms. The molecule has 0 aliphatic heterocycles. The fourth-order valence-corrected chi connectivity index (χ4v) is 2.40. The van der Waals surface area contributed by atoms with Gasteiger partial charge in [0, 0.05) is 11.5 Å². The number of benzene rings is 2. The first-order valence-electron chi connectivity index (χ1n) is 4.91. The van der Waals surface area contributed by atoms with Crippen LogP contribution in [0.2, 0.25) is 0 Å². The van der Waals surface area contributed by atoms with Gasteiger partial charge in [-0.25, -0.2) is 4.72 Å². The number of rotatable bonds is 3. The largest absolute Gasteiger partial charge is 0.298 e. The van der Waals surface area contributed by atoms with Crippen molar-refractivity contribution in [2.75, 3.05) is 11.8 Å². The van der Waals surface area contributed by atoms with Crippen molar-refractivity contribution in [1.29, 1.82) is 0 Å². The van der Waals surface area contributed by atoms with Gasteiger partial charge < -0.3 is 0 Å². The normalized spacial score (nSPS) is 11.6. The number of halogens is 1. The first-order chi connectivity index (χ1) is 8.00. The van der Waals surface area contributed by atoms with Crippen molar-refractivity contribution in [3.8, 4) is 0 Å². The smallest absolute Gasteiger partial charge is 0.271 e. The van der Waals surface area contributed by atoms with Crippen molar-refractivity contribution in [2.24, 2.45) is 0 Å². The summed E-state index contributed by atoms with van der Waals surface area (Å²) in [7, 11) is -2.10. The summed E-state index contributed by atoms with van der Waals surface area (Å²) in [5.74, 6) is 0. The second-order valence-electron chi connectivity index (χ2n) is 3.52. The predicted molar refractivity (Wildman–Crippen MR) is 73.3 cm³/mol. The molecule has 90 valence electrons. The average molecular weight is 315 g/mol. The fraction of sp³-hybridized carbons (Fsp3) is 0.0909. The second kappa shape index (κ2) is 4.64. The van der Waals surface area contributed by atoms with Crippen LogP contribution in [0.3, 0.4) is 0 Å². The zero-order valence-electron chi connectivity index (χ0n) is 9.07. The Balaban J connectivity index is 2.42. The van der Waals surface area contributed by atoms with E-state index in [0.29, 0.717) is 5.69 Å². The predicted octanol–water partition coefficient (Wildman–Crippen LogP) is 2.48. The van der Waals surface area contributed by atoms with Gasteiger partial charge >= 0.3 is 0 Å². The van der Waals surface area contributed by atoms with Crippen LogP contribution in [0.25, 0.3) is 10.8 Å². The lowest BCUT2D eigenvalue weighted by Crippen LogP contribution is -2.26. The molecule has 0 saturated carbocycles. The highest BCUT2D eigenvalue weighted by molar-refractivity contribution is 9.10. The Morgan fingerprint density at radius 2 is 1.71 bits per heavy atom. The quantitative estimate of drug-likeness (QED) is 0.914. The van der Waals surface area contributed by atoms with Crippen LogP contribution in [0.1, 0.15) is 0 Å². The third-order valence-electron chi connectivity index (χ3n) is 2.32. The zero-order chi connectivity index (χ0) is 12.5. The van der Waals surface area contributed by atoms with E-state index < -0.39 is 10.2 Å². The van der Waals surface area contributed by atoms with Gasteiger partial charge in [0.25, 0.3) is 10.2 Å². The molecule has 0 atom stereocenters. The van der Waals surface area contributed by atoms with Crippen molar-refractivity contribution >= 4 is 42.6 Å². The van der Waals surface area contributed by atoms with E-state index in [1.54, 1.807) is 12.1 Å². The second-order valence-corrected chi connectivity index (χ2v) is 6.05. The van der Waals surface area contributed by atoms with E-state index in [1.807, 2.05) is 24.3 Å². The molecule has 0 unspecified atom stereocenters. The third kappa shape index (κ3) is 2.96. The Hall–Kier alpha value is -1.11. The summed E-state index contributed by atoms with van der Waals surface area (Å²) in [4.78, 5) is 0. The van der Waals surface area contributed by atoms with E-state index in [4.69, 9.17) is 0 Å². The molecule has 0 bridgehead atoms. The number of anilines is 1. The van der Waals surface area contributed by atoms with Crippen molar-refractivity contribution in [3.05, 3.63) is 40.9 Å². The van der Waals surface area contributed by atoms with Gasteiger partial charge in [-0.3, -0.25) is 4.72 Å². The van der Waals surface area contributed by atoms with Crippen molar-refractivity contribution in [3.63, 3.8) is 0 Å². The summed E-state index contributed by atoms with van der Waals surface area (Å²) in [6, 6.07) is 11.2. The van der Waals surface area contributed by atoms with Gasteiger partial charge in [0.2, 0.25) is 0 Å². The number of hydrogen-bond acceptors (Lipinski definition) is 2. The van der Waals surface area contributed by atoms with Gasteiger partial charge in [-0.1, -0.05) is 28.1 Å². The third-order valence-corrected chi connectivity index (χ3v) is 3.86. The van der Waals surface area contributed by atoms with E-state index >= 15 is 0 Å². The lowest BCUT2D eigenvalue weighted by atomic mass is 10.1. The van der Waals surface area contributed by atoms with Crippen LogP contribution in [0.4, 0.5) is 5.69 Å². The zero-order valence-corrected chi connectivity index (χ0v) is 11.5. The van der Waals surface area contributed by atoms with E-state index in [9.17, 15) is 8.42 Å². The molecule has 2 aromatic carbocycles. The van der Waals surface area contributed by atoms with Crippen LogP contribution in [0.15, 0.2) is 40.9 Å². The summed E-state index contributed by atoms with van der Waals surface area (Å²) in [5.41, 5.74) is 0.536. The highest BCUT2D eigenvalue weighted by Gasteiger charge is 2.06. The van der Waals surface area contributed by atoms with Gasteiger partial charge in [-0.15, -0.1) is 0 Å². The maximum Gasteiger partial charge on any atom is 0.298 e. The first kappa shape index (κ1) is 12.3. The Bertz CT molecular complexity index is 656. The molecule has 2 aromatic rings. The van der Waals surface area contributed by atoms with Gasteiger partial charge in [-0.05, 0) is 35.0 Å². The molecular weight excluding hydrogens is 304 g/mol. The minimum absolute atomic E-state index is 0.536. The lowest BCUT2D eigenvalue weighted by Gasteiger charge is -2.07. The molecule has 4 nitrogen and oxygen atoms in total. The van der Waals surface area contributed by atoms with Crippen LogP contribution < -0.4 is 9.44 Å². The summed E-state index contributed by atoms with van der Waals surface area (Å²) in [6.45, 7) is 0. The maximum absolute atomic E-state index is 11.3. The highest BCUT2D eigenvalue weighted by atomic mass is 79.9. The minimum atomic E-state index is -3.46. The van der Waals surface area contributed by atoms with Gasteiger partial charge in [-0.2, -0.15) is 8.42 Å². The molecule has 0 fully saturated rings. The molecule has 0 aliphatic carbocycles. The Labute approximate surface area is 108 Å². The molecule has 17 heavy (non-hydrogen) atoms. The van der Waals surface area contributed by atoms with Gasteiger partial charge in [0.15, 0.2) is 0 Å². The van der Waals surface area contributed by atoms with Gasteiger partial charge in [0.05, 0.1) is 5.69 Å². The topological polar surface area (TPSA) is 58.2 Å². The standard InChI is InChI=1S/C11H11BrN2O2S/c1-13-17(15,16)14-11-5-3-8-6-10(12)4-2-9(8)7-11/h2-7,13-14H,1H3. The van der Waals surface area contributed by atoms with Crippen LogP contribution in [-0.4, -0.2) is 15.5 Å². The molecule has 0 aromatic heterocycles. The van der Waals surface area contributed by atoms with Crippen LogP contribution in [0.5, 0.6) is 0 Å². The number of fused-ring (bicyclic) bond motifs is 1. The SMILES string of the molecule is CNS(=O)(=O)Nc1ccc2cc(Br)ccc2c1. The van der Waals surface area contributed by atoms with Crippen molar-refractivity contribution in [2.45, 2.75) is 0 Å². The molecular formula is C11H11BrN2O2S. The van der Waals surface area contributed by atoms with Crippen LogP contribution in [-0.2, 0) is 10.2 Å². The molecule has 2 N–H and O–H groups in total. The number of hydrogen-bond donors (Lipinski definition) is 2. The van der Waals surface area contributed by atoms with E-state index in [1.165, 1.54) is 7.05 Å². The molecule has 0 saturated heterocycles. The lowest BCUT2D eigenvalue weighted by molar-refractivity contribution is 0.593. The highest BCUT2D eigenvalue weighted by Crippen LogP contribution is 2.23. The summed E-state index contributed by atoms with van der Waals surface area (Å²) >= 11 is 3.39.